The Morgan fingerprint density at radius 3 is 2.67 bits per heavy atom. The van der Waals surface area contributed by atoms with Crippen molar-refractivity contribution in [1.29, 1.82) is 0 Å². The summed E-state index contributed by atoms with van der Waals surface area (Å²) >= 11 is 0. The average Bonchev–Trinajstić information content (AvgIpc) is 3.48. The fourth-order valence-electron chi connectivity index (χ4n) is 4.54. The van der Waals surface area contributed by atoms with E-state index in [4.69, 9.17) is 4.98 Å². The fraction of sp³-hybridized carbons (Fsp3) is 0.240. The molecule has 3 N–H and O–H groups in total. The van der Waals surface area contributed by atoms with E-state index in [2.05, 4.69) is 84.8 Å². The molecule has 2 aromatic carbocycles. The molecule has 1 saturated heterocycles. The van der Waals surface area contributed by atoms with Crippen molar-refractivity contribution in [2.45, 2.75) is 0 Å². The average molecular weight is 439 g/mol. The smallest absolute Gasteiger partial charge is 0.159 e. The molecule has 0 amide bonds. The van der Waals surface area contributed by atoms with E-state index < -0.39 is 0 Å². The zero-order valence-corrected chi connectivity index (χ0v) is 18.8. The SMILES string of the molecule is CNc1cncc(-c2ccc3[nH]nc(-c4nc5c(N6CCN(C)CC6)cccc5[nH]4)c3c2)c1. The summed E-state index contributed by atoms with van der Waals surface area (Å²) < 4.78 is 0. The van der Waals surface area contributed by atoms with Crippen LogP contribution in [0.1, 0.15) is 0 Å². The Morgan fingerprint density at radius 1 is 0.939 bits per heavy atom. The largest absolute Gasteiger partial charge is 0.387 e. The standard InChI is InChI=1S/C25H26N8/c1-26-18-12-17(14-27-15-18)16-6-7-20-19(13-16)23(31-30-20)25-28-21-4-3-5-22(24(21)29-25)33-10-8-32(2)9-11-33/h3-7,12-15,26H,8-11H2,1-2H3,(H,28,29)(H,30,31). The second kappa shape index (κ2) is 7.90. The summed E-state index contributed by atoms with van der Waals surface area (Å²) in [5, 5.41) is 12.0. The van der Waals surface area contributed by atoms with E-state index >= 15 is 0 Å². The van der Waals surface area contributed by atoms with Gasteiger partial charge in [-0.3, -0.25) is 10.1 Å². The molecule has 33 heavy (non-hydrogen) atoms. The van der Waals surface area contributed by atoms with Gasteiger partial charge in [0.1, 0.15) is 11.2 Å². The quantitative estimate of drug-likeness (QED) is 0.394. The summed E-state index contributed by atoms with van der Waals surface area (Å²) in [5.41, 5.74) is 8.13. The zero-order valence-electron chi connectivity index (χ0n) is 18.8. The molecule has 0 atom stereocenters. The number of likely N-dealkylation sites (N-methyl/N-ethyl adjacent to an activating group) is 1. The van der Waals surface area contributed by atoms with Gasteiger partial charge in [0.15, 0.2) is 5.82 Å². The molecule has 3 aromatic heterocycles. The van der Waals surface area contributed by atoms with Crippen molar-refractivity contribution in [3.05, 3.63) is 54.9 Å². The Hall–Kier alpha value is -3.91. The molecule has 5 aromatic rings. The van der Waals surface area contributed by atoms with Crippen molar-refractivity contribution in [1.82, 2.24) is 30.0 Å². The second-order valence-electron chi connectivity index (χ2n) is 8.59. The molecule has 8 heteroatoms. The summed E-state index contributed by atoms with van der Waals surface area (Å²) in [6, 6.07) is 14.7. The minimum atomic E-state index is 0.775. The van der Waals surface area contributed by atoms with E-state index in [1.807, 2.05) is 19.4 Å². The minimum Gasteiger partial charge on any atom is -0.387 e. The highest BCUT2D eigenvalue weighted by atomic mass is 15.3. The first kappa shape index (κ1) is 19.8. The molecule has 0 saturated carbocycles. The van der Waals surface area contributed by atoms with Crippen LogP contribution in [0.5, 0.6) is 0 Å². The van der Waals surface area contributed by atoms with Crippen LogP contribution < -0.4 is 10.2 Å². The van der Waals surface area contributed by atoms with E-state index in [0.717, 1.165) is 76.4 Å². The monoisotopic (exact) mass is 438 g/mol. The minimum absolute atomic E-state index is 0.775. The number of para-hydroxylation sites is 1. The second-order valence-corrected chi connectivity index (χ2v) is 8.59. The summed E-state index contributed by atoms with van der Waals surface area (Å²) in [4.78, 5) is 17.7. The maximum Gasteiger partial charge on any atom is 0.159 e. The predicted molar refractivity (Wildman–Crippen MR) is 134 cm³/mol. The maximum atomic E-state index is 5.01. The van der Waals surface area contributed by atoms with Gasteiger partial charge in [0.05, 0.1) is 22.4 Å². The molecule has 0 unspecified atom stereocenters. The van der Waals surface area contributed by atoms with Crippen LogP contribution in [0.15, 0.2) is 54.9 Å². The molecule has 1 aliphatic rings. The molecule has 166 valence electrons. The summed E-state index contributed by atoms with van der Waals surface area (Å²) in [7, 11) is 4.07. The van der Waals surface area contributed by atoms with Gasteiger partial charge in [-0.15, -0.1) is 0 Å². The molecule has 1 aliphatic heterocycles. The lowest BCUT2D eigenvalue weighted by Crippen LogP contribution is -2.44. The Bertz CT molecular complexity index is 1440. The summed E-state index contributed by atoms with van der Waals surface area (Å²) in [5.74, 6) is 0.775. The third-order valence-corrected chi connectivity index (χ3v) is 6.48. The van der Waals surface area contributed by atoms with Gasteiger partial charge in [0, 0.05) is 56.6 Å². The highest BCUT2D eigenvalue weighted by Gasteiger charge is 2.20. The highest BCUT2D eigenvalue weighted by molar-refractivity contribution is 5.97. The third kappa shape index (κ3) is 3.48. The molecule has 6 rings (SSSR count). The highest BCUT2D eigenvalue weighted by Crippen LogP contribution is 2.33. The zero-order chi connectivity index (χ0) is 22.4. The van der Waals surface area contributed by atoms with E-state index in [-0.39, 0.29) is 0 Å². The van der Waals surface area contributed by atoms with Gasteiger partial charge in [-0.25, -0.2) is 4.98 Å². The summed E-state index contributed by atoms with van der Waals surface area (Å²) in [6.45, 7) is 4.13. The predicted octanol–water partition coefficient (Wildman–Crippen LogP) is 3.96. The number of aromatic nitrogens is 5. The molecule has 1 fully saturated rings. The van der Waals surface area contributed by atoms with Crippen molar-refractivity contribution in [2.24, 2.45) is 0 Å². The van der Waals surface area contributed by atoms with E-state index in [1.54, 1.807) is 0 Å². The van der Waals surface area contributed by atoms with Crippen LogP contribution in [0.3, 0.4) is 0 Å². The van der Waals surface area contributed by atoms with Crippen LogP contribution >= 0.6 is 0 Å². The molecule has 4 heterocycles. The number of H-pyrrole nitrogens is 2. The van der Waals surface area contributed by atoms with Gasteiger partial charge in [-0.1, -0.05) is 12.1 Å². The number of pyridine rings is 1. The van der Waals surface area contributed by atoms with Crippen LogP contribution in [0, 0.1) is 0 Å². The molecule has 0 radical (unpaired) electrons. The van der Waals surface area contributed by atoms with Crippen LogP contribution in [0.25, 0.3) is 44.6 Å². The number of fused-ring (bicyclic) bond motifs is 2. The number of rotatable bonds is 4. The van der Waals surface area contributed by atoms with Crippen molar-refractivity contribution in [2.75, 3.05) is 50.5 Å². The van der Waals surface area contributed by atoms with Gasteiger partial charge in [-0.2, -0.15) is 5.10 Å². The van der Waals surface area contributed by atoms with Crippen molar-refractivity contribution in [3.63, 3.8) is 0 Å². The van der Waals surface area contributed by atoms with Crippen LogP contribution in [-0.4, -0.2) is 70.3 Å². The summed E-state index contributed by atoms with van der Waals surface area (Å²) in [6.07, 6.45) is 3.70. The Labute approximate surface area is 191 Å². The Morgan fingerprint density at radius 2 is 1.82 bits per heavy atom. The first-order chi connectivity index (χ1) is 16.2. The first-order valence-electron chi connectivity index (χ1n) is 11.2. The number of imidazole rings is 1. The fourth-order valence-corrected chi connectivity index (χ4v) is 4.54. The molecule has 0 spiro atoms. The van der Waals surface area contributed by atoms with Crippen molar-refractivity contribution < 1.29 is 0 Å². The van der Waals surface area contributed by atoms with Gasteiger partial charge >= 0.3 is 0 Å². The van der Waals surface area contributed by atoms with Gasteiger partial charge in [0.25, 0.3) is 0 Å². The molecular formula is C25H26N8. The molecular weight excluding hydrogens is 412 g/mol. The number of anilines is 2. The van der Waals surface area contributed by atoms with E-state index in [9.17, 15) is 0 Å². The lowest BCUT2D eigenvalue weighted by molar-refractivity contribution is 0.313. The van der Waals surface area contributed by atoms with Crippen LogP contribution in [0.2, 0.25) is 0 Å². The number of nitrogens with zero attached hydrogens (tertiary/aromatic N) is 5. The number of nitrogens with one attached hydrogen (secondary N) is 3. The first-order valence-corrected chi connectivity index (χ1v) is 11.2. The van der Waals surface area contributed by atoms with Gasteiger partial charge in [0.2, 0.25) is 0 Å². The Kier molecular flexibility index (Phi) is 4.73. The number of hydrogen-bond donors (Lipinski definition) is 3. The molecule has 0 bridgehead atoms. The van der Waals surface area contributed by atoms with Crippen LogP contribution in [-0.2, 0) is 0 Å². The maximum absolute atomic E-state index is 5.01. The van der Waals surface area contributed by atoms with E-state index in [1.165, 1.54) is 5.69 Å². The normalized spacial score (nSPS) is 14.9. The lowest BCUT2D eigenvalue weighted by Gasteiger charge is -2.34. The Balaban J connectivity index is 1.43. The number of benzene rings is 2. The van der Waals surface area contributed by atoms with Crippen molar-refractivity contribution >= 4 is 33.3 Å². The van der Waals surface area contributed by atoms with Gasteiger partial charge < -0.3 is 20.1 Å². The third-order valence-electron chi connectivity index (χ3n) is 6.48. The van der Waals surface area contributed by atoms with Gasteiger partial charge in [-0.05, 0) is 42.9 Å². The number of hydrogen-bond acceptors (Lipinski definition) is 6. The number of aromatic amines is 2. The molecule has 8 nitrogen and oxygen atoms in total. The van der Waals surface area contributed by atoms with Crippen molar-refractivity contribution in [3.8, 4) is 22.6 Å². The number of piperazine rings is 1. The lowest BCUT2D eigenvalue weighted by atomic mass is 10.0. The molecule has 0 aliphatic carbocycles. The van der Waals surface area contributed by atoms with E-state index in [0.29, 0.717) is 0 Å². The topological polar surface area (TPSA) is 88.8 Å². The van der Waals surface area contributed by atoms with Crippen LogP contribution in [0.4, 0.5) is 11.4 Å².